The van der Waals surface area contributed by atoms with Crippen LogP contribution in [0.15, 0.2) is 0 Å². The fourth-order valence-corrected chi connectivity index (χ4v) is 1.22. The van der Waals surface area contributed by atoms with Crippen LogP contribution >= 0.6 is 0 Å². The first-order valence-corrected chi connectivity index (χ1v) is 4.16. The van der Waals surface area contributed by atoms with Gasteiger partial charge in [0.1, 0.15) is 6.10 Å². The van der Waals surface area contributed by atoms with Crippen LogP contribution in [0.3, 0.4) is 0 Å². The Morgan fingerprint density at radius 3 is 2.67 bits per heavy atom. The van der Waals surface area contributed by atoms with Gasteiger partial charge in [-0.15, -0.1) is 0 Å². The maximum absolute atomic E-state index is 9.42. The van der Waals surface area contributed by atoms with Crippen LogP contribution in [0.1, 0.15) is 20.3 Å². The van der Waals surface area contributed by atoms with Crippen LogP contribution in [-0.4, -0.2) is 41.4 Å². The molecule has 1 aliphatic rings. The van der Waals surface area contributed by atoms with Crippen molar-refractivity contribution in [2.75, 3.05) is 13.2 Å². The first-order valence-electron chi connectivity index (χ1n) is 4.16. The summed E-state index contributed by atoms with van der Waals surface area (Å²) < 4.78 is 10.6. The average molecular weight is 176 g/mol. The Labute approximate surface area is 72.1 Å². The molecule has 1 fully saturated rings. The number of ether oxygens (including phenoxy) is 2. The van der Waals surface area contributed by atoms with E-state index < -0.39 is 11.9 Å². The number of hydrogen-bond donors (Lipinski definition) is 2. The second kappa shape index (κ2) is 3.70. The molecule has 0 unspecified atom stereocenters. The molecule has 1 rings (SSSR count). The minimum Gasteiger partial charge on any atom is -0.396 e. The molecule has 72 valence electrons. The highest BCUT2D eigenvalue weighted by Crippen LogP contribution is 2.24. The topological polar surface area (TPSA) is 58.9 Å². The average Bonchev–Trinajstić information content (AvgIpc) is 2.31. The van der Waals surface area contributed by atoms with Crippen molar-refractivity contribution in [2.45, 2.75) is 38.3 Å². The third-order valence-corrected chi connectivity index (χ3v) is 1.88. The molecule has 2 N–H and O–H groups in total. The lowest BCUT2D eigenvalue weighted by Crippen LogP contribution is -2.31. The Morgan fingerprint density at radius 1 is 1.58 bits per heavy atom. The van der Waals surface area contributed by atoms with Gasteiger partial charge in [0.15, 0.2) is 5.79 Å². The molecule has 0 amide bonds. The van der Waals surface area contributed by atoms with Crippen LogP contribution in [0.25, 0.3) is 0 Å². The predicted molar refractivity (Wildman–Crippen MR) is 42.6 cm³/mol. The summed E-state index contributed by atoms with van der Waals surface area (Å²) in [5.41, 5.74) is 0. The minimum absolute atomic E-state index is 0.0263. The van der Waals surface area contributed by atoms with E-state index in [9.17, 15) is 5.11 Å². The second-order valence-electron chi connectivity index (χ2n) is 3.45. The van der Waals surface area contributed by atoms with Crippen molar-refractivity contribution < 1.29 is 19.7 Å². The molecular formula is C8H16O4. The van der Waals surface area contributed by atoms with Crippen molar-refractivity contribution in [1.29, 1.82) is 0 Å². The molecule has 0 aromatic carbocycles. The smallest absolute Gasteiger partial charge is 0.163 e. The van der Waals surface area contributed by atoms with E-state index in [4.69, 9.17) is 14.6 Å². The van der Waals surface area contributed by atoms with Crippen LogP contribution in [0.5, 0.6) is 0 Å². The van der Waals surface area contributed by atoms with Crippen LogP contribution < -0.4 is 0 Å². The van der Waals surface area contributed by atoms with E-state index in [1.54, 1.807) is 13.8 Å². The highest BCUT2D eigenvalue weighted by Gasteiger charge is 2.36. The largest absolute Gasteiger partial charge is 0.396 e. The lowest BCUT2D eigenvalue weighted by molar-refractivity contribution is -0.151. The second-order valence-corrected chi connectivity index (χ2v) is 3.45. The highest BCUT2D eigenvalue weighted by atomic mass is 16.7. The Balaban J connectivity index is 2.36. The molecule has 12 heavy (non-hydrogen) atoms. The van der Waals surface area contributed by atoms with Crippen LogP contribution in [-0.2, 0) is 9.47 Å². The molecule has 4 nitrogen and oxygen atoms in total. The minimum atomic E-state index is -0.628. The van der Waals surface area contributed by atoms with Gasteiger partial charge in [-0.05, 0) is 20.3 Å². The van der Waals surface area contributed by atoms with Crippen LogP contribution in [0, 0.1) is 0 Å². The summed E-state index contributed by atoms with van der Waals surface area (Å²) in [7, 11) is 0. The van der Waals surface area contributed by atoms with Gasteiger partial charge in [0, 0.05) is 6.61 Å². The Bertz CT molecular complexity index is 146. The monoisotopic (exact) mass is 176 g/mol. The molecule has 0 radical (unpaired) electrons. The number of aliphatic hydroxyl groups excluding tert-OH is 2. The molecule has 1 aliphatic heterocycles. The van der Waals surface area contributed by atoms with E-state index in [-0.39, 0.29) is 12.7 Å². The summed E-state index contributed by atoms with van der Waals surface area (Å²) in [5, 5.41) is 18.0. The van der Waals surface area contributed by atoms with Gasteiger partial charge in [-0.1, -0.05) is 0 Å². The van der Waals surface area contributed by atoms with E-state index in [0.29, 0.717) is 13.0 Å². The lowest BCUT2D eigenvalue weighted by atomic mass is 10.1. The van der Waals surface area contributed by atoms with Gasteiger partial charge in [-0.3, -0.25) is 0 Å². The van der Waals surface area contributed by atoms with Crippen molar-refractivity contribution in [3.05, 3.63) is 0 Å². The Morgan fingerprint density at radius 2 is 2.25 bits per heavy atom. The van der Waals surface area contributed by atoms with Crippen molar-refractivity contribution in [3.63, 3.8) is 0 Å². The lowest BCUT2D eigenvalue weighted by Gasteiger charge is -2.19. The van der Waals surface area contributed by atoms with Gasteiger partial charge in [-0.25, -0.2) is 0 Å². The van der Waals surface area contributed by atoms with E-state index >= 15 is 0 Å². The predicted octanol–water partition coefficient (Wildman–Crippen LogP) is -0.119. The number of hydrogen-bond acceptors (Lipinski definition) is 4. The van der Waals surface area contributed by atoms with Crippen molar-refractivity contribution in [3.8, 4) is 0 Å². The molecule has 2 atom stereocenters. The van der Waals surface area contributed by atoms with Crippen molar-refractivity contribution in [1.82, 2.24) is 0 Å². The standard InChI is InChI=1S/C8H16O4/c1-8(2)11-5-7(12-8)6(10)3-4-9/h6-7,9-10H,3-5H2,1-2H3/t6-,7+/m0/s1. The van der Waals surface area contributed by atoms with E-state index in [1.165, 1.54) is 0 Å². The SMILES string of the molecule is CC1(C)OC[C@H]([C@@H](O)CCO)O1. The molecule has 4 heteroatoms. The van der Waals surface area contributed by atoms with Gasteiger partial charge in [0.25, 0.3) is 0 Å². The zero-order valence-electron chi connectivity index (χ0n) is 7.49. The molecule has 0 aromatic rings. The third kappa shape index (κ3) is 2.42. The molecule has 1 heterocycles. The Kier molecular flexibility index (Phi) is 3.06. The van der Waals surface area contributed by atoms with Gasteiger partial charge in [-0.2, -0.15) is 0 Å². The van der Waals surface area contributed by atoms with Gasteiger partial charge < -0.3 is 19.7 Å². The zero-order valence-corrected chi connectivity index (χ0v) is 7.49. The van der Waals surface area contributed by atoms with Crippen molar-refractivity contribution >= 4 is 0 Å². The summed E-state index contributed by atoms with van der Waals surface area (Å²) >= 11 is 0. The fraction of sp³-hybridized carbons (Fsp3) is 1.00. The van der Waals surface area contributed by atoms with Crippen LogP contribution in [0.4, 0.5) is 0 Å². The van der Waals surface area contributed by atoms with Gasteiger partial charge in [0.2, 0.25) is 0 Å². The summed E-state index contributed by atoms with van der Waals surface area (Å²) in [6.07, 6.45) is -0.590. The van der Waals surface area contributed by atoms with Crippen LogP contribution in [0.2, 0.25) is 0 Å². The summed E-state index contributed by atoms with van der Waals surface area (Å²) in [5.74, 6) is -0.596. The van der Waals surface area contributed by atoms with Gasteiger partial charge >= 0.3 is 0 Å². The first kappa shape index (κ1) is 9.92. The highest BCUT2D eigenvalue weighted by molar-refractivity contribution is 4.77. The normalized spacial score (nSPS) is 30.5. The summed E-state index contributed by atoms with van der Waals surface area (Å²) in [6.45, 7) is 3.98. The molecule has 0 saturated carbocycles. The van der Waals surface area contributed by atoms with E-state index in [2.05, 4.69) is 0 Å². The number of rotatable bonds is 3. The van der Waals surface area contributed by atoms with E-state index in [0.717, 1.165) is 0 Å². The van der Waals surface area contributed by atoms with Crippen molar-refractivity contribution in [2.24, 2.45) is 0 Å². The van der Waals surface area contributed by atoms with E-state index in [1.807, 2.05) is 0 Å². The van der Waals surface area contributed by atoms with Gasteiger partial charge in [0.05, 0.1) is 12.7 Å². The molecule has 0 aromatic heterocycles. The first-order chi connectivity index (χ1) is 5.55. The number of aliphatic hydroxyl groups is 2. The molecule has 0 aliphatic carbocycles. The molecule has 0 spiro atoms. The fourth-order valence-electron chi connectivity index (χ4n) is 1.22. The zero-order chi connectivity index (χ0) is 9.19. The maximum atomic E-state index is 9.42. The quantitative estimate of drug-likeness (QED) is 0.629. The molecule has 1 saturated heterocycles. The molecule has 0 bridgehead atoms. The maximum Gasteiger partial charge on any atom is 0.163 e. The summed E-state index contributed by atoms with van der Waals surface area (Å²) in [4.78, 5) is 0. The summed E-state index contributed by atoms with van der Waals surface area (Å²) in [6, 6.07) is 0. The molecular weight excluding hydrogens is 160 g/mol. The third-order valence-electron chi connectivity index (χ3n) is 1.88. The Hall–Kier alpha value is -0.160.